The first-order chi connectivity index (χ1) is 21.8. The molecule has 254 valence electrons. The molecule has 12 heteroatoms. The number of aliphatic carboxylic acids is 1. The lowest BCUT2D eigenvalue weighted by Crippen LogP contribution is -2.70. The number of hydrogen-bond donors (Lipinski definition) is 3. The molecular weight excluding hydrogens is 596 g/mol. The van der Waals surface area contributed by atoms with Gasteiger partial charge in [0.15, 0.2) is 11.9 Å². The van der Waals surface area contributed by atoms with Crippen LogP contribution in [-0.2, 0) is 49.6 Å². The van der Waals surface area contributed by atoms with Gasteiger partial charge in [-0.1, -0.05) is 58.0 Å². The van der Waals surface area contributed by atoms with Crippen molar-refractivity contribution in [2.75, 3.05) is 0 Å². The first kappa shape index (κ1) is 34.3. The van der Waals surface area contributed by atoms with Gasteiger partial charge in [0.25, 0.3) is 0 Å². The number of nitrogens with one attached hydrogen (secondary N) is 2. The van der Waals surface area contributed by atoms with E-state index < -0.39 is 59.8 Å². The van der Waals surface area contributed by atoms with Crippen molar-refractivity contribution in [1.29, 1.82) is 0 Å². The van der Waals surface area contributed by atoms with Crippen molar-refractivity contribution in [3.05, 3.63) is 35.9 Å². The van der Waals surface area contributed by atoms with E-state index in [2.05, 4.69) is 17.6 Å². The molecule has 3 N–H and O–H groups in total. The average Bonchev–Trinajstić information content (AvgIpc) is 3.24. The van der Waals surface area contributed by atoms with E-state index in [1.54, 1.807) is 24.3 Å². The third-order valence-corrected chi connectivity index (χ3v) is 10.2. The lowest BCUT2D eigenvalue weighted by molar-refractivity contribution is -0.576. The van der Waals surface area contributed by atoms with Crippen molar-refractivity contribution in [3.8, 4) is 0 Å². The number of fused-ring (bicyclic) bond motifs is 2. The molecule has 5 aliphatic rings. The van der Waals surface area contributed by atoms with Gasteiger partial charge in [-0.05, 0) is 55.9 Å². The number of ether oxygens (including phenoxy) is 3. The van der Waals surface area contributed by atoms with Crippen molar-refractivity contribution >= 4 is 23.8 Å². The number of amides is 2. The third-order valence-electron chi connectivity index (χ3n) is 10.2. The highest BCUT2D eigenvalue weighted by molar-refractivity contribution is 5.91. The number of hydrogen-bond acceptors (Lipinski definition) is 9. The van der Waals surface area contributed by atoms with Crippen LogP contribution in [0.2, 0.25) is 0 Å². The van der Waals surface area contributed by atoms with Gasteiger partial charge in [0.05, 0.1) is 6.42 Å². The minimum Gasteiger partial charge on any atom is -0.480 e. The molecule has 10 atom stereocenters. The fraction of sp³-hybridized carbons (Fsp3) is 0.706. The molecule has 46 heavy (non-hydrogen) atoms. The smallest absolute Gasteiger partial charge is 0.326 e. The highest BCUT2D eigenvalue weighted by atomic mass is 17.3. The van der Waals surface area contributed by atoms with Crippen LogP contribution in [0.15, 0.2) is 30.3 Å². The molecule has 0 radical (unpaired) electrons. The Labute approximate surface area is 270 Å². The SMILES string of the molecule is CC(C)C[C@H](NC(=O)CCC(=O)O[C@@H]1O[C@H]2O[C@]3(C)CC[C@H]4[C@H](C)CC[C@H]([C@@H]1C)[C@@]24OO3)C(=O)N[C@@H](Cc1ccccc1)C(=O)O. The Kier molecular flexibility index (Phi) is 10.4. The summed E-state index contributed by atoms with van der Waals surface area (Å²) in [5.41, 5.74) is -0.0153. The number of carbonyl (C=O) groups excluding carboxylic acids is 3. The third kappa shape index (κ3) is 7.25. The van der Waals surface area contributed by atoms with E-state index in [-0.39, 0.29) is 42.9 Å². The number of carbonyl (C=O) groups is 4. The van der Waals surface area contributed by atoms with E-state index in [1.807, 2.05) is 33.8 Å². The molecule has 4 heterocycles. The van der Waals surface area contributed by atoms with Gasteiger partial charge in [-0.25, -0.2) is 14.6 Å². The summed E-state index contributed by atoms with van der Waals surface area (Å²) < 4.78 is 18.4. The summed E-state index contributed by atoms with van der Waals surface area (Å²) >= 11 is 0. The van der Waals surface area contributed by atoms with Crippen molar-refractivity contribution < 1.29 is 48.3 Å². The second-order valence-electron chi connectivity index (χ2n) is 14.1. The van der Waals surface area contributed by atoms with Crippen LogP contribution in [0.4, 0.5) is 0 Å². The Balaban J connectivity index is 1.16. The summed E-state index contributed by atoms with van der Waals surface area (Å²) in [4.78, 5) is 63.0. The number of benzene rings is 1. The molecule has 1 saturated carbocycles. The summed E-state index contributed by atoms with van der Waals surface area (Å²) in [6, 6.07) is 6.86. The van der Waals surface area contributed by atoms with Crippen LogP contribution >= 0.6 is 0 Å². The van der Waals surface area contributed by atoms with Crippen LogP contribution in [0.3, 0.4) is 0 Å². The van der Waals surface area contributed by atoms with Crippen LogP contribution in [0.25, 0.3) is 0 Å². The van der Waals surface area contributed by atoms with Gasteiger partial charge >= 0.3 is 11.9 Å². The Morgan fingerprint density at radius 3 is 2.41 bits per heavy atom. The van der Waals surface area contributed by atoms with Gasteiger partial charge in [0, 0.05) is 31.1 Å². The number of carboxylic acid groups (broad SMARTS) is 1. The zero-order chi connectivity index (χ0) is 33.2. The van der Waals surface area contributed by atoms with Gasteiger partial charge in [-0.3, -0.25) is 14.4 Å². The number of carboxylic acids is 1. The maximum atomic E-state index is 13.2. The van der Waals surface area contributed by atoms with Crippen molar-refractivity contribution in [2.45, 2.75) is 122 Å². The second kappa shape index (κ2) is 14.0. The summed E-state index contributed by atoms with van der Waals surface area (Å²) in [6.45, 7) is 9.83. The van der Waals surface area contributed by atoms with Crippen LogP contribution in [0.5, 0.6) is 0 Å². The molecular formula is C34H48N2O10. The van der Waals surface area contributed by atoms with E-state index in [4.69, 9.17) is 24.0 Å². The fourth-order valence-corrected chi connectivity index (χ4v) is 7.70. The predicted molar refractivity (Wildman–Crippen MR) is 163 cm³/mol. The molecule has 2 amide bonds. The standard InChI is InChI=1S/C34H48N2O10/c1-19(2)17-25(29(39)36-26(30(40)41)18-22-9-7-6-8-10-22)35-27(37)13-14-28(38)42-31-21(4)24-12-11-20(3)23-15-16-33(5)44-32(43-31)34(23,24)46-45-33/h6-10,19-21,23-26,31-32H,11-18H2,1-5H3,(H,35,37)(H,36,39)(H,40,41)/t20-,21+,23+,24-,25+,26+,31-,32+,33+,34-/m1/s1. The largest absolute Gasteiger partial charge is 0.480 e. The normalized spacial score (nSPS) is 34.5. The van der Waals surface area contributed by atoms with Crippen LogP contribution in [0.1, 0.15) is 85.1 Å². The average molecular weight is 645 g/mol. The van der Waals surface area contributed by atoms with Crippen LogP contribution < -0.4 is 10.6 Å². The van der Waals surface area contributed by atoms with E-state index in [0.29, 0.717) is 18.8 Å². The minimum atomic E-state index is -1.17. The quantitative estimate of drug-likeness (QED) is 0.225. The molecule has 0 aromatic heterocycles. The zero-order valence-corrected chi connectivity index (χ0v) is 27.4. The van der Waals surface area contributed by atoms with Crippen LogP contribution in [-0.4, -0.2) is 64.9 Å². The first-order valence-corrected chi connectivity index (χ1v) is 16.6. The molecule has 5 fully saturated rings. The van der Waals surface area contributed by atoms with Gasteiger partial charge in [-0.2, -0.15) is 0 Å². The summed E-state index contributed by atoms with van der Waals surface area (Å²) in [5, 5.41) is 15.0. The van der Waals surface area contributed by atoms with E-state index in [9.17, 15) is 24.3 Å². The lowest BCUT2D eigenvalue weighted by atomic mass is 9.58. The predicted octanol–water partition coefficient (Wildman–Crippen LogP) is 3.86. The molecule has 1 spiro atoms. The molecule has 1 aromatic carbocycles. The highest BCUT2D eigenvalue weighted by Crippen LogP contribution is 2.60. The zero-order valence-electron chi connectivity index (χ0n) is 27.4. The van der Waals surface area contributed by atoms with Crippen LogP contribution in [0, 0.1) is 29.6 Å². The molecule has 12 nitrogen and oxygen atoms in total. The van der Waals surface area contributed by atoms with Gasteiger partial charge in [0.2, 0.25) is 23.9 Å². The first-order valence-electron chi connectivity index (χ1n) is 16.6. The van der Waals surface area contributed by atoms with Crippen molar-refractivity contribution in [1.82, 2.24) is 10.6 Å². The van der Waals surface area contributed by atoms with Gasteiger partial charge in [0.1, 0.15) is 12.1 Å². The summed E-state index contributed by atoms with van der Waals surface area (Å²) in [5.74, 6) is -3.43. The Morgan fingerprint density at radius 1 is 0.978 bits per heavy atom. The van der Waals surface area contributed by atoms with E-state index in [1.165, 1.54) is 0 Å². The number of rotatable bonds is 12. The monoisotopic (exact) mass is 644 g/mol. The fourth-order valence-electron chi connectivity index (χ4n) is 7.70. The number of esters is 1. The lowest BCUT2D eigenvalue weighted by Gasteiger charge is -2.59. The molecule has 2 bridgehead atoms. The molecule has 0 unspecified atom stereocenters. The molecule has 4 aliphatic heterocycles. The molecule has 4 saturated heterocycles. The van der Waals surface area contributed by atoms with E-state index >= 15 is 0 Å². The van der Waals surface area contributed by atoms with Crippen molar-refractivity contribution in [3.63, 3.8) is 0 Å². The maximum absolute atomic E-state index is 13.2. The van der Waals surface area contributed by atoms with Gasteiger partial charge < -0.3 is 30.0 Å². The Hall–Kier alpha value is -3.06. The Bertz CT molecular complexity index is 1280. The molecule has 1 aromatic rings. The summed E-state index contributed by atoms with van der Waals surface area (Å²) in [6.07, 6.45) is 1.75. The topological polar surface area (TPSA) is 159 Å². The summed E-state index contributed by atoms with van der Waals surface area (Å²) in [7, 11) is 0. The van der Waals surface area contributed by atoms with Crippen molar-refractivity contribution in [2.24, 2.45) is 29.6 Å². The van der Waals surface area contributed by atoms with Gasteiger partial charge in [-0.15, -0.1) is 0 Å². The molecule has 6 rings (SSSR count). The highest BCUT2D eigenvalue weighted by Gasteiger charge is 2.69. The maximum Gasteiger partial charge on any atom is 0.326 e. The molecule has 1 aliphatic carbocycles. The second-order valence-corrected chi connectivity index (χ2v) is 14.1. The van der Waals surface area contributed by atoms with E-state index in [0.717, 1.165) is 24.8 Å². The Morgan fingerprint density at radius 2 is 1.72 bits per heavy atom. The minimum absolute atomic E-state index is 0.0111.